The van der Waals surface area contributed by atoms with Crippen molar-refractivity contribution < 1.29 is 22.7 Å². The largest absolute Gasteiger partial charge is 0.416 e. The highest BCUT2D eigenvalue weighted by Crippen LogP contribution is 2.36. The highest BCUT2D eigenvalue weighted by Gasteiger charge is 2.33. The molecule has 2 aromatic carbocycles. The Kier molecular flexibility index (Phi) is 6.69. The van der Waals surface area contributed by atoms with Crippen molar-refractivity contribution in [2.45, 2.75) is 25.6 Å². The smallest absolute Gasteiger partial charge is 0.384 e. The zero-order valence-electron chi connectivity index (χ0n) is 21.1. The highest BCUT2D eigenvalue weighted by molar-refractivity contribution is 6.05. The molecule has 11 heteroatoms. The predicted molar refractivity (Wildman–Crippen MR) is 140 cm³/mol. The van der Waals surface area contributed by atoms with E-state index < -0.39 is 17.6 Å². The second-order valence-electron chi connectivity index (χ2n) is 9.78. The number of nitrogens with one attached hydrogen (secondary N) is 2. The van der Waals surface area contributed by atoms with Crippen molar-refractivity contribution in [1.82, 2.24) is 19.3 Å². The van der Waals surface area contributed by atoms with Gasteiger partial charge in [0.25, 0.3) is 5.91 Å². The van der Waals surface area contributed by atoms with Crippen LogP contribution in [-0.4, -0.2) is 58.0 Å². The van der Waals surface area contributed by atoms with Gasteiger partial charge in [-0.3, -0.25) is 14.7 Å². The molecular weight excluding hydrogens is 509 g/mol. The number of benzene rings is 2. The summed E-state index contributed by atoms with van der Waals surface area (Å²) in [5, 5.41) is 6.06. The van der Waals surface area contributed by atoms with Gasteiger partial charge in [0.15, 0.2) is 5.65 Å². The maximum absolute atomic E-state index is 14.1. The zero-order valence-corrected chi connectivity index (χ0v) is 21.1. The lowest BCUT2D eigenvalue weighted by Gasteiger charge is -2.28. The number of morpholine rings is 1. The first-order valence-electron chi connectivity index (χ1n) is 12.8. The van der Waals surface area contributed by atoms with E-state index in [4.69, 9.17) is 4.74 Å². The summed E-state index contributed by atoms with van der Waals surface area (Å²) in [7, 11) is 0. The molecule has 0 atom stereocenters. The minimum atomic E-state index is -4.58. The second-order valence-corrected chi connectivity index (χ2v) is 9.78. The molecule has 6 rings (SSSR count). The molecule has 8 nitrogen and oxygen atoms in total. The van der Waals surface area contributed by atoms with Gasteiger partial charge in [-0.25, -0.2) is 4.98 Å². The molecule has 1 amide bonds. The van der Waals surface area contributed by atoms with Crippen molar-refractivity contribution in [2.75, 3.05) is 43.5 Å². The number of aromatic nitrogens is 3. The number of carbonyl (C=O) groups is 1. The van der Waals surface area contributed by atoms with Gasteiger partial charge in [0.2, 0.25) is 0 Å². The Morgan fingerprint density at radius 2 is 1.97 bits per heavy atom. The van der Waals surface area contributed by atoms with Crippen LogP contribution in [0.3, 0.4) is 0 Å². The van der Waals surface area contributed by atoms with E-state index in [2.05, 4.69) is 25.5 Å². The van der Waals surface area contributed by atoms with E-state index in [0.29, 0.717) is 55.2 Å². The number of alkyl halides is 3. The Hall–Kier alpha value is -3.96. The molecule has 0 radical (unpaired) electrons. The molecule has 0 spiro atoms. The summed E-state index contributed by atoms with van der Waals surface area (Å²) in [5.41, 5.74) is 4.21. The third kappa shape index (κ3) is 5.32. The molecule has 0 bridgehead atoms. The Bertz CT molecular complexity index is 1530. The molecule has 39 heavy (non-hydrogen) atoms. The van der Waals surface area contributed by atoms with Gasteiger partial charge in [0.05, 0.1) is 25.0 Å². The van der Waals surface area contributed by atoms with Gasteiger partial charge < -0.3 is 19.8 Å². The molecule has 4 aromatic rings. The third-order valence-electron chi connectivity index (χ3n) is 7.25. The van der Waals surface area contributed by atoms with Crippen molar-refractivity contribution in [3.63, 3.8) is 0 Å². The van der Waals surface area contributed by atoms with E-state index in [9.17, 15) is 18.0 Å². The number of rotatable bonds is 6. The molecule has 0 unspecified atom stereocenters. The summed E-state index contributed by atoms with van der Waals surface area (Å²) in [6.07, 6.45) is 3.26. The molecule has 2 aliphatic rings. The lowest BCUT2D eigenvalue weighted by molar-refractivity contribution is -0.137. The maximum Gasteiger partial charge on any atom is 0.416 e. The van der Waals surface area contributed by atoms with Gasteiger partial charge >= 0.3 is 6.18 Å². The van der Waals surface area contributed by atoms with Gasteiger partial charge in [-0.1, -0.05) is 6.07 Å². The van der Waals surface area contributed by atoms with Gasteiger partial charge in [0.1, 0.15) is 0 Å². The van der Waals surface area contributed by atoms with E-state index in [1.54, 1.807) is 36.9 Å². The van der Waals surface area contributed by atoms with Crippen molar-refractivity contribution in [3.8, 4) is 0 Å². The Balaban J connectivity index is 1.43. The van der Waals surface area contributed by atoms with Crippen LogP contribution >= 0.6 is 0 Å². The van der Waals surface area contributed by atoms with E-state index in [-0.39, 0.29) is 12.1 Å². The number of fused-ring (bicyclic) bond motifs is 2. The molecule has 2 aromatic heterocycles. The number of carbonyl (C=O) groups excluding carboxylic acids is 1. The van der Waals surface area contributed by atoms with Crippen molar-refractivity contribution in [1.29, 1.82) is 0 Å². The maximum atomic E-state index is 14.1. The first kappa shape index (κ1) is 25.3. The fourth-order valence-electron chi connectivity index (χ4n) is 5.19. The van der Waals surface area contributed by atoms with Gasteiger partial charge in [-0.05, 0) is 47.4 Å². The van der Waals surface area contributed by atoms with Crippen molar-refractivity contribution in [3.05, 3.63) is 88.6 Å². The number of hydrogen-bond acceptors (Lipinski definition) is 6. The summed E-state index contributed by atoms with van der Waals surface area (Å²) < 4.78 is 49.5. The first-order valence-corrected chi connectivity index (χ1v) is 12.8. The van der Waals surface area contributed by atoms with Crippen LogP contribution in [0.2, 0.25) is 0 Å². The quantitative estimate of drug-likeness (QED) is 0.380. The monoisotopic (exact) mass is 536 g/mol. The fraction of sp³-hybridized carbons (Fsp3) is 0.321. The summed E-state index contributed by atoms with van der Waals surface area (Å²) in [6, 6.07) is 7.57. The molecule has 202 valence electrons. The number of imidazole rings is 1. The molecule has 0 aliphatic carbocycles. The van der Waals surface area contributed by atoms with Crippen LogP contribution in [-0.2, 0) is 30.3 Å². The Labute approximate surface area is 222 Å². The van der Waals surface area contributed by atoms with Crippen LogP contribution in [0, 0.1) is 0 Å². The van der Waals surface area contributed by atoms with Crippen LogP contribution in [0.15, 0.2) is 55.1 Å². The Morgan fingerprint density at radius 3 is 2.79 bits per heavy atom. The minimum Gasteiger partial charge on any atom is -0.384 e. The average Bonchev–Trinajstić information content (AvgIpc) is 3.57. The lowest BCUT2D eigenvalue weighted by atomic mass is 9.96. The van der Waals surface area contributed by atoms with E-state index >= 15 is 0 Å². The summed E-state index contributed by atoms with van der Waals surface area (Å²) in [5.74, 6) is -0.466. The van der Waals surface area contributed by atoms with Crippen LogP contribution in [0.1, 0.15) is 38.3 Å². The van der Waals surface area contributed by atoms with Crippen molar-refractivity contribution >= 4 is 22.9 Å². The SMILES string of the molecule is O=C(Nc1cc(C(F)(F)F)cc(CN2CCOCC2)c1Cc1cnc2cnccn12)c1ccc2c(c1)NCC2. The van der Waals surface area contributed by atoms with Gasteiger partial charge in [-0.2, -0.15) is 13.2 Å². The fourth-order valence-corrected chi connectivity index (χ4v) is 5.19. The zero-order chi connectivity index (χ0) is 27.0. The van der Waals surface area contributed by atoms with E-state index in [1.165, 1.54) is 6.07 Å². The number of nitrogens with zero attached hydrogens (tertiary/aromatic N) is 4. The summed E-state index contributed by atoms with van der Waals surface area (Å²) in [6.45, 7) is 3.35. The van der Waals surface area contributed by atoms with Gasteiger partial charge in [0, 0.05) is 73.8 Å². The highest BCUT2D eigenvalue weighted by atomic mass is 19.4. The molecule has 2 aliphatic heterocycles. The van der Waals surface area contributed by atoms with E-state index in [1.807, 2.05) is 10.5 Å². The molecular formula is C28H27F3N6O2. The Morgan fingerprint density at radius 1 is 1.13 bits per heavy atom. The first-order chi connectivity index (χ1) is 18.8. The van der Waals surface area contributed by atoms with Gasteiger partial charge in [-0.15, -0.1) is 0 Å². The number of ether oxygens (including phenoxy) is 1. The lowest BCUT2D eigenvalue weighted by Crippen LogP contribution is -2.36. The molecule has 4 heterocycles. The van der Waals surface area contributed by atoms with Crippen molar-refractivity contribution in [2.24, 2.45) is 0 Å². The summed E-state index contributed by atoms with van der Waals surface area (Å²) >= 11 is 0. The average molecular weight is 537 g/mol. The molecule has 0 saturated carbocycles. The predicted octanol–water partition coefficient (Wildman–Crippen LogP) is 4.39. The standard InChI is InChI=1S/C28H27F3N6O2/c29-28(30,31)21-11-20(17-36-7-9-39-10-8-36)23(14-22-15-34-26-16-32-5-6-37(22)26)25(13-21)35-27(38)19-2-1-18-3-4-33-24(18)12-19/h1-2,5-6,11-13,15-16,33H,3-4,7-10,14,17H2,(H,35,38). The number of halogens is 3. The topological polar surface area (TPSA) is 83.8 Å². The molecule has 1 fully saturated rings. The molecule has 2 N–H and O–H groups in total. The number of amides is 1. The number of hydrogen-bond donors (Lipinski definition) is 2. The van der Waals surface area contributed by atoms with Crippen LogP contribution < -0.4 is 10.6 Å². The normalized spacial score (nSPS) is 15.8. The third-order valence-corrected chi connectivity index (χ3v) is 7.25. The van der Waals surface area contributed by atoms with Crippen LogP contribution in [0.25, 0.3) is 5.65 Å². The van der Waals surface area contributed by atoms with Crippen LogP contribution in [0.5, 0.6) is 0 Å². The minimum absolute atomic E-state index is 0.135. The number of anilines is 2. The van der Waals surface area contributed by atoms with Crippen LogP contribution in [0.4, 0.5) is 24.5 Å². The molecule has 1 saturated heterocycles. The summed E-state index contributed by atoms with van der Waals surface area (Å²) in [4.78, 5) is 23.9. The second kappa shape index (κ2) is 10.3. The van der Waals surface area contributed by atoms with E-state index in [0.717, 1.165) is 36.0 Å².